The Morgan fingerprint density at radius 1 is 1.37 bits per heavy atom. The minimum absolute atomic E-state index is 0.0240. The van der Waals surface area contributed by atoms with Gasteiger partial charge in [0.25, 0.3) is 5.56 Å². The van der Waals surface area contributed by atoms with Gasteiger partial charge in [-0.2, -0.15) is 0 Å². The molecule has 0 saturated heterocycles. The molecule has 9 nitrogen and oxygen atoms in total. The van der Waals surface area contributed by atoms with Crippen LogP contribution in [-0.4, -0.2) is 38.2 Å². The smallest absolute Gasteiger partial charge is 0.343 e. The highest BCUT2D eigenvalue weighted by molar-refractivity contribution is 5.90. The molecule has 3 N–H and O–H groups in total. The summed E-state index contributed by atoms with van der Waals surface area (Å²) in [4.78, 5) is 42.8. The van der Waals surface area contributed by atoms with Crippen LogP contribution in [-0.2, 0) is 33.1 Å². The van der Waals surface area contributed by atoms with E-state index in [1.165, 1.54) is 16.7 Å². The molecule has 2 aromatic heterocycles. The van der Waals surface area contributed by atoms with Gasteiger partial charge in [0.2, 0.25) is 5.91 Å². The molecule has 0 fully saturated rings. The van der Waals surface area contributed by atoms with Crippen molar-refractivity contribution in [2.45, 2.75) is 52.0 Å². The number of hydrogen-bond acceptors (Lipinski definition) is 7. The third kappa shape index (κ3) is 3.28. The largest absolute Gasteiger partial charge is 0.458 e. The summed E-state index contributed by atoms with van der Waals surface area (Å²) in [5.74, 6) is -2.63. The molecule has 0 aliphatic carbocycles. The van der Waals surface area contributed by atoms with E-state index in [-0.39, 0.29) is 36.2 Å². The van der Waals surface area contributed by atoms with Crippen molar-refractivity contribution in [1.82, 2.24) is 14.9 Å². The highest BCUT2D eigenvalue weighted by atomic mass is 19.1. The van der Waals surface area contributed by atoms with Crippen LogP contribution in [0.4, 0.5) is 4.39 Å². The summed E-state index contributed by atoms with van der Waals surface area (Å²) >= 11 is 0. The fourth-order valence-corrected chi connectivity index (χ4v) is 5.04. The van der Waals surface area contributed by atoms with Gasteiger partial charge in [0.1, 0.15) is 19.0 Å². The van der Waals surface area contributed by atoms with Gasteiger partial charge in [0.15, 0.2) is 5.60 Å². The third-order valence-corrected chi connectivity index (χ3v) is 6.89. The number of aromatic nitrogens is 2. The van der Waals surface area contributed by atoms with E-state index in [0.29, 0.717) is 33.5 Å². The molecule has 2 atom stereocenters. The molecule has 3 aromatic rings. The maximum Gasteiger partial charge on any atom is 0.343 e. The summed E-state index contributed by atoms with van der Waals surface area (Å²) in [6, 6.07) is 3.45. The molecule has 5 rings (SSSR count). The number of aryl methyl sites for hydroxylation is 1. The van der Waals surface area contributed by atoms with E-state index in [2.05, 4.69) is 10.3 Å². The lowest BCUT2D eigenvalue weighted by Gasteiger charge is -2.31. The quantitative estimate of drug-likeness (QED) is 0.377. The first-order valence-electron chi connectivity index (χ1n) is 12.1. The van der Waals surface area contributed by atoms with Crippen molar-refractivity contribution in [1.29, 1.82) is 0 Å². The van der Waals surface area contributed by atoms with Crippen molar-refractivity contribution in [2.75, 3.05) is 6.56 Å². The SMILES string of the molecule is [2H]C([2H])(O)C(=O)N[C@@H](C)c1c2c(nc3cc(F)c(C)cc13)-c1cc3c(c(=O)n1C2)COC(=O)[C@]3(O)CC. The van der Waals surface area contributed by atoms with Crippen LogP contribution in [0.2, 0.25) is 0 Å². The standard InChI is InChI=1S/C25H24FN3O6/c1-4-25(34)16-6-19-22-14(8-29(19)23(32)15(16)10-35-24(25)33)21(12(3)27-20(31)9-30)13-5-11(2)17(26)7-18(13)28-22/h5-7,12,30,34H,4,8-10H2,1-3H3,(H,27,31)/t12-,25-/m0/s1/i9D2. The molecule has 182 valence electrons. The average molecular weight is 483 g/mol. The van der Waals surface area contributed by atoms with Crippen molar-refractivity contribution in [3.05, 3.63) is 62.2 Å². The predicted molar refractivity (Wildman–Crippen MR) is 123 cm³/mol. The fraction of sp³-hybridized carbons (Fsp3) is 0.360. The molecule has 2 aliphatic rings. The molecule has 1 amide bonds. The number of fused-ring (bicyclic) bond motifs is 5. The van der Waals surface area contributed by atoms with Crippen LogP contribution in [0, 0.1) is 12.7 Å². The number of carbonyl (C=O) groups is 2. The molecule has 0 bridgehead atoms. The summed E-state index contributed by atoms with van der Waals surface area (Å²) in [6.07, 6.45) is -0.0261. The highest BCUT2D eigenvalue weighted by Gasteiger charge is 2.45. The average Bonchev–Trinajstić information content (AvgIpc) is 3.19. The highest BCUT2D eigenvalue weighted by Crippen LogP contribution is 2.41. The van der Waals surface area contributed by atoms with Gasteiger partial charge in [-0.05, 0) is 43.5 Å². The van der Waals surface area contributed by atoms with Crippen LogP contribution < -0.4 is 10.9 Å². The number of benzene rings is 1. The van der Waals surface area contributed by atoms with Gasteiger partial charge >= 0.3 is 5.97 Å². The first kappa shape index (κ1) is 20.7. The van der Waals surface area contributed by atoms with Crippen molar-refractivity contribution < 1.29 is 31.7 Å². The lowest BCUT2D eigenvalue weighted by molar-refractivity contribution is -0.172. The molecule has 35 heavy (non-hydrogen) atoms. The summed E-state index contributed by atoms with van der Waals surface area (Å²) in [5.41, 5.74) is -0.0696. The Kier molecular flexibility index (Phi) is 4.71. The lowest BCUT2D eigenvalue weighted by atomic mass is 9.86. The Bertz CT molecular complexity index is 1580. The van der Waals surface area contributed by atoms with Crippen LogP contribution in [0.1, 0.15) is 56.9 Å². The van der Waals surface area contributed by atoms with E-state index in [0.717, 1.165) is 0 Å². The number of nitrogens with one attached hydrogen (secondary N) is 1. The number of ether oxygens (including phenoxy) is 1. The first-order chi connectivity index (χ1) is 17.3. The van der Waals surface area contributed by atoms with E-state index in [1.807, 2.05) is 0 Å². The van der Waals surface area contributed by atoms with Crippen molar-refractivity contribution in [3.63, 3.8) is 0 Å². The summed E-state index contributed by atoms with van der Waals surface area (Å²) in [5, 5.41) is 23.5. The number of halogens is 1. The molecule has 0 unspecified atom stereocenters. The van der Waals surface area contributed by atoms with Gasteiger partial charge in [0, 0.05) is 22.6 Å². The molecular weight excluding hydrogens is 457 g/mol. The topological polar surface area (TPSA) is 131 Å². The van der Waals surface area contributed by atoms with Gasteiger partial charge < -0.3 is 24.8 Å². The van der Waals surface area contributed by atoms with Crippen molar-refractivity contribution in [3.8, 4) is 11.4 Å². The zero-order valence-electron chi connectivity index (χ0n) is 21.2. The number of nitrogens with zero attached hydrogens (tertiary/aromatic N) is 2. The monoisotopic (exact) mass is 483 g/mol. The second-order valence-electron chi connectivity index (χ2n) is 8.88. The van der Waals surface area contributed by atoms with Crippen LogP contribution in [0.3, 0.4) is 0 Å². The number of hydrogen-bond donors (Lipinski definition) is 3. The Hall–Kier alpha value is -3.63. The van der Waals surface area contributed by atoms with Crippen molar-refractivity contribution >= 4 is 22.8 Å². The van der Waals surface area contributed by atoms with Gasteiger partial charge in [-0.15, -0.1) is 0 Å². The predicted octanol–water partition coefficient (Wildman–Crippen LogP) is 1.70. The summed E-state index contributed by atoms with van der Waals surface area (Å²) < 4.78 is 35.7. The van der Waals surface area contributed by atoms with Crippen molar-refractivity contribution in [2.24, 2.45) is 0 Å². The van der Waals surface area contributed by atoms with Crippen LogP contribution in [0.5, 0.6) is 0 Å². The molecule has 0 saturated carbocycles. The first-order valence-corrected chi connectivity index (χ1v) is 11.1. The summed E-state index contributed by atoms with van der Waals surface area (Å²) in [6.45, 7) is 1.34. The molecular formula is C25H24FN3O6. The second-order valence-corrected chi connectivity index (χ2v) is 8.88. The Morgan fingerprint density at radius 3 is 2.80 bits per heavy atom. The number of carbonyl (C=O) groups excluding carboxylic acids is 2. The molecule has 0 spiro atoms. The Morgan fingerprint density at radius 2 is 2.11 bits per heavy atom. The minimum Gasteiger partial charge on any atom is -0.458 e. The zero-order valence-corrected chi connectivity index (χ0v) is 19.2. The number of pyridine rings is 2. The number of amides is 1. The summed E-state index contributed by atoms with van der Waals surface area (Å²) in [7, 11) is 0. The lowest BCUT2D eigenvalue weighted by Crippen LogP contribution is -2.44. The van der Waals surface area contributed by atoms with Crippen LogP contribution >= 0.6 is 0 Å². The van der Waals surface area contributed by atoms with E-state index in [1.54, 1.807) is 26.8 Å². The molecule has 2 aliphatic heterocycles. The minimum atomic E-state index is -3.13. The van der Waals surface area contributed by atoms with E-state index in [9.17, 15) is 29.0 Å². The number of cyclic esters (lactones) is 1. The second kappa shape index (κ2) is 7.96. The van der Waals surface area contributed by atoms with Gasteiger partial charge in [0.05, 0.1) is 37.8 Å². The molecule has 0 radical (unpaired) electrons. The van der Waals surface area contributed by atoms with Gasteiger partial charge in [-0.1, -0.05) is 6.92 Å². The van der Waals surface area contributed by atoms with Gasteiger partial charge in [-0.25, -0.2) is 14.2 Å². The zero-order chi connectivity index (χ0) is 27.0. The maximum absolute atomic E-state index is 14.5. The Balaban J connectivity index is 1.79. The molecule has 1 aromatic carbocycles. The fourth-order valence-electron chi connectivity index (χ4n) is 5.04. The van der Waals surface area contributed by atoms with Gasteiger partial charge in [-0.3, -0.25) is 9.59 Å². The maximum atomic E-state index is 14.5. The van der Waals surface area contributed by atoms with E-state index in [4.69, 9.17) is 7.48 Å². The normalized spacial score (nSPS) is 20.3. The molecule has 4 heterocycles. The van der Waals surface area contributed by atoms with Crippen LogP contribution in [0.15, 0.2) is 23.0 Å². The van der Waals surface area contributed by atoms with E-state index >= 15 is 0 Å². The molecule has 10 heteroatoms. The third-order valence-electron chi connectivity index (χ3n) is 6.89. The Labute approximate surface area is 202 Å². The number of rotatable bonds is 4. The van der Waals surface area contributed by atoms with Crippen LogP contribution in [0.25, 0.3) is 22.3 Å². The van der Waals surface area contributed by atoms with E-state index < -0.39 is 41.5 Å². The number of aliphatic hydroxyl groups is 2. The number of esters is 1.